The van der Waals surface area contributed by atoms with Gasteiger partial charge in [-0.2, -0.15) is 4.31 Å². The zero-order valence-electron chi connectivity index (χ0n) is 13.7. The number of rotatable bonds is 6. The molecule has 6 nitrogen and oxygen atoms in total. The van der Waals surface area contributed by atoms with Crippen LogP contribution in [0.4, 0.5) is 0 Å². The molecule has 1 heterocycles. The van der Waals surface area contributed by atoms with Crippen molar-refractivity contribution in [3.05, 3.63) is 24.3 Å². The molecule has 0 unspecified atom stereocenters. The predicted molar refractivity (Wildman–Crippen MR) is 87.9 cm³/mol. The van der Waals surface area contributed by atoms with Crippen molar-refractivity contribution in [2.75, 3.05) is 33.3 Å². The Kier molecular flexibility index (Phi) is 6.01. The zero-order valence-corrected chi connectivity index (χ0v) is 14.5. The monoisotopic (exact) mass is 340 g/mol. The van der Waals surface area contributed by atoms with E-state index in [2.05, 4.69) is 0 Å². The van der Waals surface area contributed by atoms with E-state index in [0.717, 1.165) is 12.8 Å². The quantitative estimate of drug-likeness (QED) is 0.791. The van der Waals surface area contributed by atoms with Gasteiger partial charge in [0.2, 0.25) is 15.9 Å². The second-order valence-electron chi connectivity index (χ2n) is 5.56. The van der Waals surface area contributed by atoms with Gasteiger partial charge in [0.05, 0.1) is 12.0 Å². The van der Waals surface area contributed by atoms with E-state index in [1.807, 2.05) is 6.92 Å². The van der Waals surface area contributed by atoms with E-state index < -0.39 is 10.0 Å². The molecular weight excluding hydrogens is 316 g/mol. The first-order chi connectivity index (χ1) is 11.0. The Labute approximate surface area is 138 Å². The molecule has 0 N–H and O–H groups in total. The number of unbranched alkanes of at least 4 members (excludes halogenated alkanes) is 1. The molecule has 0 radical (unpaired) electrons. The lowest BCUT2D eigenvalue weighted by molar-refractivity contribution is -0.132. The van der Waals surface area contributed by atoms with Gasteiger partial charge < -0.3 is 9.64 Å². The highest BCUT2D eigenvalue weighted by Crippen LogP contribution is 2.20. The third kappa shape index (κ3) is 4.23. The maximum atomic E-state index is 12.6. The van der Waals surface area contributed by atoms with E-state index in [-0.39, 0.29) is 10.8 Å². The highest BCUT2D eigenvalue weighted by Gasteiger charge is 2.29. The number of carbonyl (C=O) groups is 1. The van der Waals surface area contributed by atoms with Crippen LogP contribution in [0.25, 0.3) is 0 Å². The van der Waals surface area contributed by atoms with E-state index in [1.165, 1.54) is 11.4 Å². The Morgan fingerprint density at radius 1 is 1.13 bits per heavy atom. The highest BCUT2D eigenvalue weighted by atomic mass is 32.2. The highest BCUT2D eigenvalue weighted by molar-refractivity contribution is 7.89. The Balaban J connectivity index is 1.99. The first kappa shape index (κ1) is 17.7. The minimum Gasteiger partial charge on any atom is -0.497 e. The fourth-order valence-corrected chi connectivity index (χ4v) is 3.98. The maximum absolute atomic E-state index is 12.6. The van der Waals surface area contributed by atoms with Crippen molar-refractivity contribution in [2.24, 2.45) is 0 Å². The summed E-state index contributed by atoms with van der Waals surface area (Å²) >= 11 is 0. The van der Waals surface area contributed by atoms with E-state index in [1.54, 1.807) is 29.2 Å². The van der Waals surface area contributed by atoms with E-state index in [0.29, 0.717) is 38.3 Å². The molecular formula is C16H24N2O4S. The van der Waals surface area contributed by atoms with Crippen LogP contribution in [0.1, 0.15) is 26.2 Å². The van der Waals surface area contributed by atoms with E-state index >= 15 is 0 Å². The van der Waals surface area contributed by atoms with Gasteiger partial charge in [-0.05, 0) is 30.7 Å². The number of methoxy groups -OCH3 is 1. The standard InChI is InChI=1S/C16H24N2O4S/c1-3-4-5-16(19)17-10-12-18(13-11-17)23(20,21)15-8-6-14(22-2)7-9-15/h6-9H,3-5,10-13H2,1-2H3. The summed E-state index contributed by atoms with van der Waals surface area (Å²) in [6, 6.07) is 6.37. The van der Waals surface area contributed by atoms with Crippen molar-refractivity contribution in [3.63, 3.8) is 0 Å². The molecule has 1 aromatic rings. The van der Waals surface area contributed by atoms with Crippen molar-refractivity contribution < 1.29 is 17.9 Å². The number of amides is 1. The predicted octanol–water partition coefficient (Wildman–Crippen LogP) is 1.72. The maximum Gasteiger partial charge on any atom is 0.243 e. The molecule has 1 saturated heterocycles. The van der Waals surface area contributed by atoms with Gasteiger partial charge in [0.1, 0.15) is 5.75 Å². The summed E-state index contributed by atoms with van der Waals surface area (Å²) in [5.74, 6) is 0.739. The molecule has 1 aliphatic heterocycles. The van der Waals surface area contributed by atoms with Crippen LogP contribution in [0.15, 0.2) is 29.2 Å². The topological polar surface area (TPSA) is 66.9 Å². The van der Waals surface area contributed by atoms with Crippen molar-refractivity contribution in [1.29, 1.82) is 0 Å². The van der Waals surface area contributed by atoms with Crippen LogP contribution in [0.2, 0.25) is 0 Å². The summed E-state index contributed by atoms with van der Waals surface area (Å²) in [6.45, 7) is 3.64. The second-order valence-corrected chi connectivity index (χ2v) is 7.50. The molecule has 0 spiro atoms. The Morgan fingerprint density at radius 3 is 2.26 bits per heavy atom. The Hall–Kier alpha value is -1.60. The van der Waals surface area contributed by atoms with Crippen LogP contribution < -0.4 is 4.74 Å². The summed E-state index contributed by atoms with van der Waals surface area (Å²) in [5.41, 5.74) is 0. The Bertz CT molecular complexity index is 620. The molecule has 1 aromatic carbocycles. The third-order valence-corrected chi connectivity index (χ3v) is 5.95. The molecule has 1 aliphatic rings. The van der Waals surface area contributed by atoms with Gasteiger partial charge >= 0.3 is 0 Å². The molecule has 2 rings (SSSR count). The van der Waals surface area contributed by atoms with Crippen LogP contribution >= 0.6 is 0 Å². The van der Waals surface area contributed by atoms with Gasteiger partial charge in [0.25, 0.3) is 0 Å². The summed E-state index contributed by atoms with van der Waals surface area (Å²) in [6.07, 6.45) is 2.41. The average Bonchev–Trinajstić information content (AvgIpc) is 2.59. The molecule has 0 atom stereocenters. The second kappa shape index (κ2) is 7.79. The minimum atomic E-state index is -3.51. The first-order valence-electron chi connectivity index (χ1n) is 7.91. The molecule has 0 aromatic heterocycles. The van der Waals surface area contributed by atoms with Gasteiger partial charge in [0, 0.05) is 32.6 Å². The van der Waals surface area contributed by atoms with Crippen molar-refractivity contribution in [1.82, 2.24) is 9.21 Å². The molecule has 0 aliphatic carbocycles. The van der Waals surface area contributed by atoms with Gasteiger partial charge in [-0.3, -0.25) is 4.79 Å². The number of sulfonamides is 1. The largest absolute Gasteiger partial charge is 0.497 e. The van der Waals surface area contributed by atoms with Crippen LogP contribution in [0.3, 0.4) is 0 Å². The zero-order chi connectivity index (χ0) is 16.9. The number of carbonyl (C=O) groups excluding carboxylic acids is 1. The summed E-state index contributed by atoms with van der Waals surface area (Å²) in [7, 11) is -1.97. The third-order valence-electron chi connectivity index (χ3n) is 4.03. The van der Waals surface area contributed by atoms with Crippen molar-refractivity contribution in [2.45, 2.75) is 31.1 Å². The average molecular weight is 340 g/mol. The number of nitrogens with zero attached hydrogens (tertiary/aromatic N) is 2. The van der Waals surface area contributed by atoms with E-state index in [4.69, 9.17) is 4.74 Å². The summed E-state index contributed by atoms with van der Waals surface area (Å²) in [4.78, 5) is 14.0. The number of ether oxygens (including phenoxy) is 1. The summed E-state index contributed by atoms with van der Waals surface area (Å²) < 4.78 is 31.7. The van der Waals surface area contributed by atoms with Crippen molar-refractivity contribution in [3.8, 4) is 5.75 Å². The molecule has 128 valence electrons. The lowest BCUT2D eigenvalue weighted by Crippen LogP contribution is -2.50. The lowest BCUT2D eigenvalue weighted by atomic mass is 10.2. The normalized spacial score (nSPS) is 16.3. The van der Waals surface area contributed by atoms with Crippen LogP contribution in [0.5, 0.6) is 5.75 Å². The number of piperazine rings is 1. The fourth-order valence-electron chi connectivity index (χ4n) is 2.56. The molecule has 1 amide bonds. The number of hydrogen-bond acceptors (Lipinski definition) is 4. The molecule has 23 heavy (non-hydrogen) atoms. The van der Waals surface area contributed by atoms with Gasteiger partial charge in [-0.1, -0.05) is 13.3 Å². The van der Waals surface area contributed by atoms with Crippen LogP contribution in [0, 0.1) is 0 Å². The lowest BCUT2D eigenvalue weighted by Gasteiger charge is -2.34. The smallest absolute Gasteiger partial charge is 0.243 e. The van der Waals surface area contributed by atoms with Gasteiger partial charge in [0.15, 0.2) is 0 Å². The SMILES string of the molecule is CCCCC(=O)N1CCN(S(=O)(=O)c2ccc(OC)cc2)CC1. The van der Waals surface area contributed by atoms with Crippen LogP contribution in [-0.2, 0) is 14.8 Å². The number of hydrogen-bond donors (Lipinski definition) is 0. The molecule has 1 fully saturated rings. The fraction of sp³-hybridized carbons (Fsp3) is 0.562. The van der Waals surface area contributed by atoms with Gasteiger partial charge in [-0.15, -0.1) is 0 Å². The van der Waals surface area contributed by atoms with Gasteiger partial charge in [-0.25, -0.2) is 8.42 Å². The minimum absolute atomic E-state index is 0.119. The number of benzene rings is 1. The van der Waals surface area contributed by atoms with Crippen molar-refractivity contribution >= 4 is 15.9 Å². The Morgan fingerprint density at radius 2 is 1.74 bits per heavy atom. The first-order valence-corrected chi connectivity index (χ1v) is 9.35. The molecule has 7 heteroatoms. The van der Waals surface area contributed by atoms with Crippen LogP contribution in [-0.4, -0.2) is 56.8 Å². The molecule has 0 saturated carbocycles. The van der Waals surface area contributed by atoms with E-state index in [9.17, 15) is 13.2 Å². The molecule has 0 bridgehead atoms. The summed E-state index contributed by atoms with van der Waals surface area (Å²) in [5, 5.41) is 0.